The van der Waals surface area contributed by atoms with Gasteiger partial charge in [0.1, 0.15) is 6.61 Å². The van der Waals surface area contributed by atoms with Crippen molar-refractivity contribution in [3.8, 4) is 17.9 Å². The SMILES string of the molecule is CN(Cc1cccc(C#N)c1)Cc1cc(C#CCO)cs1. The minimum atomic E-state index is -0.111. The first-order valence-corrected chi connectivity index (χ1v) is 7.44. The van der Waals surface area contributed by atoms with E-state index in [2.05, 4.69) is 35.9 Å². The fraction of sp³-hybridized carbons (Fsp3) is 0.235. The Kier molecular flexibility index (Phi) is 5.54. The molecule has 21 heavy (non-hydrogen) atoms. The van der Waals surface area contributed by atoms with E-state index in [-0.39, 0.29) is 6.61 Å². The maximum atomic E-state index is 8.91. The monoisotopic (exact) mass is 296 g/mol. The van der Waals surface area contributed by atoms with E-state index in [1.807, 2.05) is 29.6 Å². The Labute approximate surface area is 129 Å². The number of hydrogen-bond donors (Lipinski definition) is 1. The maximum absolute atomic E-state index is 8.91. The van der Waals surface area contributed by atoms with E-state index in [9.17, 15) is 0 Å². The van der Waals surface area contributed by atoms with Crippen molar-refractivity contribution < 1.29 is 5.11 Å². The van der Waals surface area contributed by atoms with Gasteiger partial charge in [0.05, 0.1) is 11.6 Å². The Bertz CT molecular complexity index is 703. The van der Waals surface area contributed by atoms with Gasteiger partial charge in [-0.1, -0.05) is 24.0 Å². The molecule has 0 spiro atoms. The molecule has 0 saturated heterocycles. The highest BCUT2D eigenvalue weighted by Gasteiger charge is 2.05. The lowest BCUT2D eigenvalue weighted by Gasteiger charge is -2.15. The second kappa shape index (κ2) is 7.61. The first-order chi connectivity index (χ1) is 10.2. The molecule has 0 atom stereocenters. The third kappa shape index (κ3) is 4.73. The molecule has 1 N–H and O–H groups in total. The summed E-state index contributed by atoms with van der Waals surface area (Å²) in [4.78, 5) is 3.43. The van der Waals surface area contributed by atoms with Crippen molar-refractivity contribution in [3.05, 3.63) is 57.3 Å². The third-order valence-corrected chi connectivity index (χ3v) is 3.82. The average molecular weight is 296 g/mol. The number of hydrogen-bond acceptors (Lipinski definition) is 4. The fourth-order valence-electron chi connectivity index (χ4n) is 2.04. The molecule has 1 aromatic heterocycles. The lowest BCUT2D eigenvalue weighted by molar-refractivity contribution is 0.322. The molecule has 2 rings (SSSR count). The number of nitrogens with zero attached hydrogens (tertiary/aromatic N) is 2. The van der Waals surface area contributed by atoms with Gasteiger partial charge < -0.3 is 5.11 Å². The topological polar surface area (TPSA) is 47.3 Å². The second-order valence-corrected chi connectivity index (χ2v) is 5.74. The summed E-state index contributed by atoms with van der Waals surface area (Å²) in [6, 6.07) is 11.9. The van der Waals surface area contributed by atoms with E-state index in [4.69, 9.17) is 10.4 Å². The molecule has 1 aromatic carbocycles. The molecule has 0 saturated carbocycles. The molecule has 4 heteroatoms. The molecular formula is C17H16N2OS. The molecule has 2 aromatic rings. The molecule has 3 nitrogen and oxygen atoms in total. The van der Waals surface area contributed by atoms with E-state index < -0.39 is 0 Å². The number of aliphatic hydroxyl groups excluding tert-OH is 1. The van der Waals surface area contributed by atoms with Crippen LogP contribution < -0.4 is 0 Å². The highest BCUT2D eigenvalue weighted by Crippen LogP contribution is 2.17. The first kappa shape index (κ1) is 15.3. The molecule has 1 heterocycles. The van der Waals surface area contributed by atoms with Gasteiger partial charge in [0, 0.05) is 28.9 Å². The standard InChI is InChI=1S/C17H16N2OS/c1-19(11-15-5-2-4-14(8-15)10-18)12-17-9-16(13-21-17)6-3-7-20/h2,4-5,8-9,13,20H,7,11-12H2,1H3. The van der Waals surface area contributed by atoms with Gasteiger partial charge in [-0.05, 0) is 30.8 Å². The van der Waals surface area contributed by atoms with E-state index in [0.717, 1.165) is 24.2 Å². The van der Waals surface area contributed by atoms with Crippen LogP contribution in [-0.2, 0) is 13.1 Å². The molecule has 0 aliphatic carbocycles. The Morgan fingerprint density at radius 1 is 1.24 bits per heavy atom. The molecular weight excluding hydrogens is 280 g/mol. The maximum Gasteiger partial charge on any atom is 0.104 e. The van der Waals surface area contributed by atoms with Crippen molar-refractivity contribution in [1.29, 1.82) is 5.26 Å². The van der Waals surface area contributed by atoms with Gasteiger partial charge in [-0.25, -0.2) is 0 Å². The predicted octanol–water partition coefficient (Wildman–Crippen LogP) is 2.60. The van der Waals surface area contributed by atoms with Gasteiger partial charge in [-0.3, -0.25) is 4.90 Å². The van der Waals surface area contributed by atoms with Crippen molar-refractivity contribution in [2.45, 2.75) is 13.1 Å². The number of aliphatic hydroxyl groups is 1. The minimum Gasteiger partial charge on any atom is -0.384 e. The van der Waals surface area contributed by atoms with Crippen LogP contribution in [0.2, 0.25) is 0 Å². The van der Waals surface area contributed by atoms with Crippen LogP contribution in [0.25, 0.3) is 0 Å². The zero-order chi connectivity index (χ0) is 15.1. The van der Waals surface area contributed by atoms with Gasteiger partial charge in [0.25, 0.3) is 0 Å². The Morgan fingerprint density at radius 2 is 2.10 bits per heavy atom. The summed E-state index contributed by atoms with van der Waals surface area (Å²) < 4.78 is 0. The molecule has 0 unspecified atom stereocenters. The number of benzene rings is 1. The molecule has 0 bridgehead atoms. The van der Waals surface area contributed by atoms with Gasteiger partial charge >= 0.3 is 0 Å². The van der Waals surface area contributed by atoms with E-state index in [1.165, 1.54) is 4.88 Å². The highest BCUT2D eigenvalue weighted by atomic mass is 32.1. The molecule has 0 aliphatic rings. The quantitative estimate of drug-likeness (QED) is 0.882. The fourth-order valence-corrected chi connectivity index (χ4v) is 2.94. The smallest absolute Gasteiger partial charge is 0.104 e. The van der Waals surface area contributed by atoms with E-state index in [1.54, 1.807) is 11.3 Å². The van der Waals surface area contributed by atoms with Gasteiger partial charge in [0.15, 0.2) is 0 Å². The largest absolute Gasteiger partial charge is 0.384 e. The number of rotatable bonds is 4. The van der Waals surface area contributed by atoms with E-state index >= 15 is 0 Å². The summed E-state index contributed by atoms with van der Waals surface area (Å²) in [5.41, 5.74) is 2.77. The summed E-state index contributed by atoms with van der Waals surface area (Å²) in [6.45, 7) is 1.52. The van der Waals surface area contributed by atoms with Gasteiger partial charge in [0.2, 0.25) is 0 Å². The first-order valence-electron chi connectivity index (χ1n) is 6.56. The number of nitriles is 1. The Morgan fingerprint density at radius 3 is 2.86 bits per heavy atom. The second-order valence-electron chi connectivity index (χ2n) is 4.75. The van der Waals surface area contributed by atoms with Crippen LogP contribution >= 0.6 is 11.3 Å². The van der Waals surface area contributed by atoms with Crippen LogP contribution in [-0.4, -0.2) is 23.7 Å². The lowest BCUT2D eigenvalue weighted by Crippen LogP contribution is -2.16. The van der Waals surface area contributed by atoms with Gasteiger partial charge in [-0.2, -0.15) is 5.26 Å². The van der Waals surface area contributed by atoms with Crippen molar-refractivity contribution >= 4 is 11.3 Å². The third-order valence-electron chi connectivity index (χ3n) is 2.90. The normalized spacial score (nSPS) is 10.0. The molecule has 106 valence electrons. The zero-order valence-electron chi connectivity index (χ0n) is 11.8. The summed E-state index contributed by atoms with van der Waals surface area (Å²) >= 11 is 1.67. The van der Waals surface area contributed by atoms with Crippen molar-refractivity contribution in [2.24, 2.45) is 0 Å². The van der Waals surface area contributed by atoms with Crippen LogP contribution in [0.15, 0.2) is 35.7 Å². The predicted molar refractivity (Wildman–Crippen MR) is 84.6 cm³/mol. The molecule has 0 radical (unpaired) electrons. The summed E-state index contributed by atoms with van der Waals surface area (Å²) in [6.07, 6.45) is 0. The van der Waals surface area contributed by atoms with Gasteiger partial charge in [-0.15, -0.1) is 11.3 Å². The summed E-state index contributed by atoms with van der Waals surface area (Å²) in [5.74, 6) is 5.56. The Balaban J connectivity index is 1.96. The average Bonchev–Trinajstić information content (AvgIpc) is 2.92. The van der Waals surface area contributed by atoms with Crippen molar-refractivity contribution in [2.75, 3.05) is 13.7 Å². The summed E-state index contributed by atoms with van der Waals surface area (Å²) in [7, 11) is 2.05. The van der Waals surface area contributed by atoms with Crippen LogP contribution in [0, 0.1) is 23.2 Å². The molecule has 0 amide bonds. The number of thiophene rings is 1. The zero-order valence-corrected chi connectivity index (χ0v) is 12.7. The molecule has 0 fully saturated rings. The van der Waals surface area contributed by atoms with Crippen LogP contribution in [0.5, 0.6) is 0 Å². The highest BCUT2D eigenvalue weighted by molar-refractivity contribution is 7.10. The Hall–Kier alpha value is -2.11. The van der Waals surface area contributed by atoms with Crippen LogP contribution in [0.1, 0.15) is 21.6 Å². The molecule has 0 aliphatic heterocycles. The van der Waals surface area contributed by atoms with E-state index in [0.29, 0.717) is 5.56 Å². The van der Waals surface area contributed by atoms with Crippen LogP contribution in [0.3, 0.4) is 0 Å². The summed E-state index contributed by atoms with van der Waals surface area (Å²) in [5, 5.41) is 19.6. The van der Waals surface area contributed by atoms with Crippen molar-refractivity contribution in [1.82, 2.24) is 4.90 Å². The van der Waals surface area contributed by atoms with Crippen LogP contribution in [0.4, 0.5) is 0 Å². The van der Waals surface area contributed by atoms with Crippen molar-refractivity contribution in [3.63, 3.8) is 0 Å². The lowest BCUT2D eigenvalue weighted by atomic mass is 10.1. The minimum absolute atomic E-state index is 0.111.